The largest absolute Gasteiger partial charge is 0.441 e. The average molecular weight is 377 g/mol. The maximum Gasteiger partial charge on any atom is 0.226 e. The number of oxazole rings is 1. The summed E-state index contributed by atoms with van der Waals surface area (Å²) in [6.07, 6.45) is 2.44. The lowest BCUT2D eigenvalue weighted by Gasteiger charge is -1.99. The Hall–Kier alpha value is -2.99. The molecule has 2 heterocycles. The molecule has 0 aliphatic heterocycles. The molecule has 0 atom stereocenters. The fourth-order valence-corrected chi connectivity index (χ4v) is 3.90. The lowest BCUT2D eigenvalue weighted by Crippen LogP contribution is -2.12. The van der Waals surface area contributed by atoms with E-state index < -0.39 is 0 Å². The highest BCUT2D eigenvalue weighted by molar-refractivity contribution is 7.22. The summed E-state index contributed by atoms with van der Waals surface area (Å²) in [6, 6.07) is 13.9. The molecule has 6 heteroatoms. The number of hydrogen-bond donors (Lipinski definition) is 1. The summed E-state index contributed by atoms with van der Waals surface area (Å²) in [5.74, 6) is 1.17. The quantitative estimate of drug-likeness (QED) is 0.523. The van der Waals surface area contributed by atoms with Crippen molar-refractivity contribution in [1.82, 2.24) is 9.97 Å². The first-order chi connectivity index (χ1) is 13.1. The van der Waals surface area contributed by atoms with Crippen molar-refractivity contribution in [1.29, 1.82) is 0 Å². The Bertz CT molecular complexity index is 1060. The number of benzene rings is 2. The number of nitrogens with zero attached hydrogens (tertiary/aromatic N) is 2. The van der Waals surface area contributed by atoms with E-state index in [1.165, 1.54) is 16.9 Å². The molecular weight excluding hydrogens is 358 g/mol. The molecule has 27 heavy (non-hydrogen) atoms. The minimum absolute atomic E-state index is 0.0937. The van der Waals surface area contributed by atoms with Crippen molar-refractivity contribution in [3.63, 3.8) is 0 Å². The molecule has 0 unspecified atom stereocenters. The Labute approximate surface area is 161 Å². The molecule has 0 spiro atoms. The van der Waals surface area contributed by atoms with E-state index >= 15 is 0 Å². The molecule has 5 nitrogen and oxygen atoms in total. The highest BCUT2D eigenvalue weighted by Crippen LogP contribution is 2.31. The molecular formula is C21H19N3O2S. The number of anilines is 1. The summed E-state index contributed by atoms with van der Waals surface area (Å²) in [7, 11) is 0. The molecule has 0 saturated heterocycles. The van der Waals surface area contributed by atoms with Crippen LogP contribution in [0.15, 0.2) is 53.1 Å². The zero-order valence-electron chi connectivity index (χ0n) is 15.2. The van der Waals surface area contributed by atoms with Gasteiger partial charge in [0.25, 0.3) is 0 Å². The van der Waals surface area contributed by atoms with Crippen molar-refractivity contribution >= 4 is 32.6 Å². The number of carbonyl (C=O) groups excluding carboxylic acids is 1. The molecule has 0 radical (unpaired) electrons. The maximum atomic E-state index is 12.3. The number of fused-ring (bicyclic) bond motifs is 1. The van der Waals surface area contributed by atoms with Gasteiger partial charge in [-0.1, -0.05) is 53.8 Å². The molecule has 0 saturated carbocycles. The second kappa shape index (κ2) is 7.32. The van der Waals surface area contributed by atoms with Gasteiger partial charge in [0.05, 0.1) is 16.4 Å². The number of nitrogens with one attached hydrogen (secondary N) is 1. The van der Waals surface area contributed by atoms with E-state index in [9.17, 15) is 4.79 Å². The van der Waals surface area contributed by atoms with Crippen molar-refractivity contribution in [2.75, 3.05) is 5.32 Å². The van der Waals surface area contributed by atoms with E-state index in [0.29, 0.717) is 29.6 Å². The van der Waals surface area contributed by atoms with Crippen LogP contribution in [0, 0.1) is 13.8 Å². The van der Waals surface area contributed by atoms with Gasteiger partial charge in [-0.15, -0.1) is 0 Å². The number of aryl methyl sites for hydroxylation is 3. The highest BCUT2D eigenvalue weighted by atomic mass is 32.1. The van der Waals surface area contributed by atoms with Gasteiger partial charge in [-0.2, -0.15) is 0 Å². The zero-order valence-corrected chi connectivity index (χ0v) is 16.0. The molecule has 0 aliphatic rings. The van der Waals surface area contributed by atoms with Crippen LogP contribution in [0.1, 0.15) is 23.4 Å². The topological polar surface area (TPSA) is 68.0 Å². The number of thiazole rings is 1. The van der Waals surface area contributed by atoms with Gasteiger partial charge in [0.15, 0.2) is 16.8 Å². The Morgan fingerprint density at radius 3 is 2.67 bits per heavy atom. The third kappa shape index (κ3) is 3.75. The normalized spacial score (nSPS) is 11.0. The predicted molar refractivity (Wildman–Crippen MR) is 108 cm³/mol. The minimum atomic E-state index is -0.0937. The standard InChI is InChI=1S/C21H19N3O2S/c1-13-8-9-14(2)20-19(13)24-21(27-20)23-17(25)10-11-18-22-12-16(26-18)15-6-4-3-5-7-15/h3-9,12H,10-11H2,1-2H3,(H,23,24,25). The molecule has 0 bridgehead atoms. The minimum Gasteiger partial charge on any atom is -0.441 e. The van der Waals surface area contributed by atoms with Gasteiger partial charge in [0.2, 0.25) is 5.91 Å². The van der Waals surface area contributed by atoms with Crippen molar-refractivity contribution in [3.05, 3.63) is 65.7 Å². The van der Waals surface area contributed by atoms with Gasteiger partial charge in [0.1, 0.15) is 0 Å². The van der Waals surface area contributed by atoms with E-state index in [4.69, 9.17) is 4.42 Å². The fraction of sp³-hybridized carbons (Fsp3) is 0.190. The molecule has 1 N–H and O–H groups in total. The zero-order chi connectivity index (χ0) is 18.8. The molecule has 0 aliphatic carbocycles. The first-order valence-electron chi connectivity index (χ1n) is 8.77. The van der Waals surface area contributed by atoms with Gasteiger partial charge in [-0.25, -0.2) is 9.97 Å². The molecule has 1 amide bonds. The lowest BCUT2D eigenvalue weighted by molar-refractivity contribution is -0.116. The van der Waals surface area contributed by atoms with Gasteiger partial charge in [0, 0.05) is 18.4 Å². The first-order valence-corrected chi connectivity index (χ1v) is 9.58. The molecule has 0 fully saturated rings. The molecule has 4 aromatic rings. The number of amides is 1. The predicted octanol–water partition coefficient (Wildman–Crippen LogP) is 5.14. The Kier molecular flexibility index (Phi) is 4.73. The van der Waals surface area contributed by atoms with Crippen LogP contribution in [0.25, 0.3) is 21.5 Å². The van der Waals surface area contributed by atoms with Gasteiger partial charge >= 0.3 is 0 Å². The van der Waals surface area contributed by atoms with E-state index in [1.54, 1.807) is 6.20 Å². The van der Waals surface area contributed by atoms with Crippen LogP contribution >= 0.6 is 11.3 Å². The monoisotopic (exact) mass is 377 g/mol. The highest BCUT2D eigenvalue weighted by Gasteiger charge is 2.13. The smallest absolute Gasteiger partial charge is 0.226 e. The summed E-state index contributed by atoms with van der Waals surface area (Å²) < 4.78 is 6.86. The van der Waals surface area contributed by atoms with Crippen LogP contribution in [0.4, 0.5) is 5.13 Å². The molecule has 136 valence electrons. The fourth-order valence-electron chi connectivity index (χ4n) is 2.88. The van der Waals surface area contributed by atoms with Gasteiger partial charge in [-0.05, 0) is 25.0 Å². The van der Waals surface area contributed by atoms with Gasteiger partial charge in [-0.3, -0.25) is 4.79 Å². The SMILES string of the molecule is Cc1ccc(C)c2sc(NC(=O)CCc3ncc(-c4ccccc4)o3)nc12. The third-order valence-corrected chi connectivity index (χ3v) is 5.47. The number of carbonyl (C=O) groups is 1. The lowest BCUT2D eigenvalue weighted by atomic mass is 10.1. The first kappa shape index (κ1) is 17.4. The maximum absolute atomic E-state index is 12.3. The van der Waals surface area contributed by atoms with Gasteiger partial charge < -0.3 is 9.73 Å². The van der Waals surface area contributed by atoms with Crippen LogP contribution in [0.5, 0.6) is 0 Å². The summed E-state index contributed by atoms with van der Waals surface area (Å²) >= 11 is 1.51. The van der Waals surface area contributed by atoms with E-state index in [-0.39, 0.29) is 5.91 Å². The summed E-state index contributed by atoms with van der Waals surface area (Å²) in [4.78, 5) is 21.1. The van der Waals surface area contributed by atoms with Crippen LogP contribution in [-0.2, 0) is 11.2 Å². The third-order valence-electron chi connectivity index (χ3n) is 4.37. The number of rotatable bonds is 5. The molecule has 2 aromatic heterocycles. The average Bonchev–Trinajstić information content (AvgIpc) is 3.32. The van der Waals surface area contributed by atoms with Crippen molar-refractivity contribution < 1.29 is 9.21 Å². The Morgan fingerprint density at radius 2 is 1.89 bits per heavy atom. The summed E-state index contributed by atoms with van der Waals surface area (Å²) in [5, 5.41) is 3.52. The van der Waals surface area contributed by atoms with E-state index in [0.717, 1.165) is 21.3 Å². The number of aromatic nitrogens is 2. The van der Waals surface area contributed by atoms with Crippen molar-refractivity contribution in [2.24, 2.45) is 0 Å². The molecule has 4 rings (SSSR count). The molecule has 2 aromatic carbocycles. The van der Waals surface area contributed by atoms with Crippen LogP contribution in [-0.4, -0.2) is 15.9 Å². The summed E-state index contributed by atoms with van der Waals surface area (Å²) in [5.41, 5.74) is 4.21. The van der Waals surface area contributed by atoms with E-state index in [2.05, 4.69) is 34.3 Å². The van der Waals surface area contributed by atoms with Crippen LogP contribution in [0.2, 0.25) is 0 Å². The second-order valence-corrected chi connectivity index (χ2v) is 7.43. The summed E-state index contributed by atoms with van der Waals surface area (Å²) in [6.45, 7) is 4.08. The van der Waals surface area contributed by atoms with Crippen LogP contribution in [0.3, 0.4) is 0 Å². The van der Waals surface area contributed by atoms with Crippen molar-refractivity contribution in [3.8, 4) is 11.3 Å². The second-order valence-electron chi connectivity index (χ2n) is 6.43. The Morgan fingerprint density at radius 1 is 1.11 bits per heavy atom. The van der Waals surface area contributed by atoms with Crippen LogP contribution < -0.4 is 5.32 Å². The van der Waals surface area contributed by atoms with Crippen molar-refractivity contribution in [2.45, 2.75) is 26.7 Å². The number of hydrogen-bond acceptors (Lipinski definition) is 5. The Balaban J connectivity index is 1.40. The van der Waals surface area contributed by atoms with E-state index in [1.807, 2.05) is 37.3 Å².